The summed E-state index contributed by atoms with van der Waals surface area (Å²) < 4.78 is 0. The zero-order chi connectivity index (χ0) is 15.7. The first-order valence-corrected chi connectivity index (χ1v) is 9.09. The second-order valence-corrected chi connectivity index (χ2v) is 8.95. The van der Waals surface area contributed by atoms with Crippen molar-refractivity contribution in [3.8, 4) is 0 Å². The standard InChI is InChI=1S/C19H28O3/c1-18-7-5-11(20)9-15(18)16(21)10-12-13-3-4-17(22)19(13,2)8-6-14(12)18/h12-16,21H,3-10H2,1-2H3/t12-,13-,14-,15-,16+,18+,19-/m0/s1. The van der Waals surface area contributed by atoms with Gasteiger partial charge in [0.2, 0.25) is 0 Å². The molecule has 0 aromatic heterocycles. The molecule has 3 heteroatoms. The number of carbonyl (C=O) groups is 2. The first-order chi connectivity index (χ1) is 10.4. The summed E-state index contributed by atoms with van der Waals surface area (Å²) in [6.45, 7) is 4.50. The van der Waals surface area contributed by atoms with Crippen LogP contribution in [0, 0.1) is 34.5 Å². The molecule has 0 amide bonds. The third kappa shape index (κ3) is 1.78. The maximum atomic E-state index is 12.4. The predicted octanol–water partition coefficient (Wildman–Crippen LogP) is 3.14. The molecular weight excluding hydrogens is 276 g/mol. The smallest absolute Gasteiger partial charge is 0.139 e. The summed E-state index contributed by atoms with van der Waals surface area (Å²) in [5.74, 6) is 2.47. The van der Waals surface area contributed by atoms with E-state index >= 15 is 0 Å². The molecule has 7 atom stereocenters. The summed E-state index contributed by atoms with van der Waals surface area (Å²) in [6.07, 6.45) is 6.53. The Morgan fingerprint density at radius 1 is 1.00 bits per heavy atom. The number of hydrogen-bond donors (Lipinski definition) is 1. The average molecular weight is 304 g/mol. The minimum absolute atomic E-state index is 0.100. The second-order valence-electron chi connectivity index (χ2n) is 8.95. The fourth-order valence-corrected chi connectivity index (χ4v) is 6.86. The lowest BCUT2D eigenvalue weighted by molar-refractivity contribution is -0.165. The highest BCUT2D eigenvalue weighted by Gasteiger charge is 2.62. The molecule has 4 aliphatic carbocycles. The number of Topliss-reactive ketones (excluding diaryl/α,β-unsaturated/α-hetero) is 2. The molecule has 0 spiro atoms. The van der Waals surface area contributed by atoms with Crippen molar-refractivity contribution in [1.29, 1.82) is 0 Å². The third-order valence-corrected chi connectivity index (χ3v) is 8.21. The van der Waals surface area contributed by atoms with Gasteiger partial charge < -0.3 is 5.11 Å². The fraction of sp³-hybridized carbons (Fsp3) is 0.895. The number of fused-ring (bicyclic) bond motifs is 5. The van der Waals surface area contributed by atoms with Crippen LogP contribution in [0.3, 0.4) is 0 Å². The lowest BCUT2D eigenvalue weighted by Gasteiger charge is -2.60. The summed E-state index contributed by atoms with van der Waals surface area (Å²) in [5.41, 5.74) is -0.0300. The molecule has 4 saturated carbocycles. The lowest BCUT2D eigenvalue weighted by Crippen LogP contribution is -2.57. The highest BCUT2D eigenvalue weighted by atomic mass is 16.3. The number of carbonyl (C=O) groups excluding carboxylic acids is 2. The van der Waals surface area contributed by atoms with Gasteiger partial charge in [0, 0.05) is 24.7 Å². The van der Waals surface area contributed by atoms with Gasteiger partial charge in [-0.05, 0) is 61.2 Å². The van der Waals surface area contributed by atoms with Crippen molar-refractivity contribution in [3.63, 3.8) is 0 Å². The zero-order valence-corrected chi connectivity index (χ0v) is 13.8. The fourth-order valence-electron chi connectivity index (χ4n) is 6.86. The van der Waals surface area contributed by atoms with Crippen LogP contribution in [0.5, 0.6) is 0 Å². The highest BCUT2D eigenvalue weighted by molar-refractivity contribution is 5.87. The highest BCUT2D eigenvalue weighted by Crippen LogP contribution is 2.65. The van der Waals surface area contributed by atoms with Crippen molar-refractivity contribution in [2.24, 2.45) is 34.5 Å². The number of aliphatic hydroxyl groups excluding tert-OH is 1. The van der Waals surface area contributed by atoms with E-state index in [9.17, 15) is 14.7 Å². The van der Waals surface area contributed by atoms with Crippen LogP contribution in [-0.4, -0.2) is 22.8 Å². The average Bonchev–Trinajstić information content (AvgIpc) is 2.77. The Morgan fingerprint density at radius 3 is 2.55 bits per heavy atom. The molecule has 3 nitrogen and oxygen atoms in total. The maximum Gasteiger partial charge on any atom is 0.139 e. The molecule has 0 aliphatic heterocycles. The van der Waals surface area contributed by atoms with Crippen molar-refractivity contribution < 1.29 is 14.7 Å². The molecule has 4 fully saturated rings. The molecule has 0 aromatic carbocycles. The van der Waals surface area contributed by atoms with Crippen molar-refractivity contribution in [2.75, 3.05) is 0 Å². The van der Waals surface area contributed by atoms with E-state index in [-0.39, 0.29) is 22.9 Å². The van der Waals surface area contributed by atoms with E-state index in [0.29, 0.717) is 42.2 Å². The molecule has 0 unspecified atom stereocenters. The van der Waals surface area contributed by atoms with E-state index in [1.54, 1.807) is 0 Å². The van der Waals surface area contributed by atoms with E-state index in [1.807, 2.05) is 0 Å². The van der Waals surface area contributed by atoms with Gasteiger partial charge in [0.15, 0.2) is 0 Å². The van der Waals surface area contributed by atoms with Gasteiger partial charge >= 0.3 is 0 Å². The minimum Gasteiger partial charge on any atom is -0.393 e. The van der Waals surface area contributed by atoms with Crippen molar-refractivity contribution in [3.05, 3.63) is 0 Å². The van der Waals surface area contributed by atoms with Gasteiger partial charge in [-0.25, -0.2) is 0 Å². The first-order valence-electron chi connectivity index (χ1n) is 9.09. The Balaban J connectivity index is 1.69. The molecule has 0 bridgehead atoms. The Bertz CT molecular complexity index is 527. The van der Waals surface area contributed by atoms with Crippen LogP contribution in [0.25, 0.3) is 0 Å². The Labute approximate surface area is 132 Å². The first kappa shape index (κ1) is 14.9. The van der Waals surface area contributed by atoms with Crippen LogP contribution in [0.1, 0.15) is 65.2 Å². The molecule has 0 radical (unpaired) electrons. The summed E-state index contributed by atoms with van der Waals surface area (Å²) in [4.78, 5) is 24.3. The van der Waals surface area contributed by atoms with E-state index in [0.717, 1.165) is 38.5 Å². The molecule has 0 heterocycles. The Morgan fingerprint density at radius 2 is 1.77 bits per heavy atom. The van der Waals surface area contributed by atoms with Crippen LogP contribution in [-0.2, 0) is 9.59 Å². The van der Waals surface area contributed by atoms with Gasteiger partial charge in [0.05, 0.1) is 6.10 Å². The number of hydrogen-bond acceptors (Lipinski definition) is 3. The van der Waals surface area contributed by atoms with Gasteiger partial charge in [0.1, 0.15) is 11.6 Å². The SMILES string of the molecule is C[C@]12CCC(=O)C[C@H]1[C@H](O)C[C@@H]1[C@@H]2CC[C@]2(C)C(=O)CC[C@@H]12. The Hall–Kier alpha value is -0.700. The number of rotatable bonds is 0. The van der Waals surface area contributed by atoms with Crippen LogP contribution < -0.4 is 0 Å². The molecule has 1 N–H and O–H groups in total. The van der Waals surface area contributed by atoms with Crippen LogP contribution in [0.2, 0.25) is 0 Å². The predicted molar refractivity (Wildman–Crippen MR) is 83.1 cm³/mol. The van der Waals surface area contributed by atoms with Crippen molar-refractivity contribution >= 4 is 11.6 Å². The molecule has 122 valence electrons. The molecule has 22 heavy (non-hydrogen) atoms. The minimum atomic E-state index is -0.353. The molecule has 4 aliphatic rings. The van der Waals surface area contributed by atoms with Gasteiger partial charge in [-0.2, -0.15) is 0 Å². The topological polar surface area (TPSA) is 54.4 Å². The van der Waals surface area contributed by atoms with Gasteiger partial charge in [0.25, 0.3) is 0 Å². The number of aliphatic hydroxyl groups is 1. The summed E-state index contributed by atoms with van der Waals surface area (Å²) >= 11 is 0. The Kier molecular flexibility index (Phi) is 3.15. The third-order valence-electron chi connectivity index (χ3n) is 8.21. The quantitative estimate of drug-likeness (QED) is 0.748. The maximum absolute atomic E-state index is 12.4. The van der Waals surface area contributed by atoms with E-state index in [1.165, 1.54) is 0 Å². The van der Waals surface area contributed by atoms with Gasteiger partial charge in [-0.15, -0.1) is 0 Å². The number of ketones is 2. The normalized spacial score (nSPS) is 54.6. The van der Waals surface area contributed by atoms with E-state index in [2.05, 4.69) is 13.8 Å². The zero-order valence-electron chi connectivity index (χ0n) is 13.8. The van der Waals surface area contributed by atoms with E-state index < -0.39 is 0 Å². The lowest BCUT2D eigenvalue weighted by atomic mass is 9.44. The van der Waals surface area contributed by atoms with Crippen molar-refractivity contribution in [1.82, 2.24) is 0 Å². The molecule has 0 aromatic rings. The summed E-state index contributed by atoms with van der Waals surface area (Å²) in [5, 5.41) is 10.8. The summed E-state index contributed by atoms with van der Waals surface area (Å²) in [7, 11) is 0. The van der Waals surface area contributed by atoms with Gasteiger partial charge in [-0.1, -0.05) is 13.8 Å². The molecular formula is C19H28O3. The monoisotopic (exact) mass is 304 g/mol. The van der Waals surface area contributed by atoms with Gasteiger partial charge in [-0.3, -0.25) is 9.59 Å². The second kappa shape index (κ2) is 4.66. The van der Waals surface area contributed by atoms with Crippen LogP contribution in [0.15, 0.2) is 0 Å². The molecule has 0 saturated heterocycles. The summed E-state index contributed by atoms with van der Waals surface area (Å²) in [6, 6.07) is 0. The largest absolute Gasteiger partial charge is 0.393 e. The molecule has 4 rings (SSSR count). The van der Waals surface area contributed by atoms with Crippen molar-refractivity contribution in [2.45, 2.75) is 71.3 Å². The van der Waals surface area contributed by atoms with Crippen LogP contribution in [0.4, 0.5) is 0 Å². The van der Waals surface area contributed by atoms with E-state index in [4.69, 9.17) is 0 Å². The van der Waals surface area contributed by atoms with Crippen LogP contribution >= 0.6 is 0 Å².